The monoisotopic (exact) mass is 150 g/mol. The topological polar surface area (TPSA) is 23.1 Å². The highest BCUT2D eigenvalue weighted by atomic mass is 16.3. The van der Waals surface area contributed by atoms with Crippen LogP contribution in [0.1, 0.15) is 11.8 Å². The molecule has 0 heterocycles. The Bertz CT molecular complexity index is 208. The van der Waals surface area contributed by atoms with Crippen LogP contribution in [0, 0.1) is 0 Å². The van der Waals surface area contributed by atoms with Crippen molar-refractivity contribution in [1.82, 2.24) is 4.90 Å². The summed E-state index contributed by atoms with van der Waals surface area (Å²) >= 11 is 0. The number of rotatable bonds is 2. The van der Waals surface area contributed by atoms with Gasteiger partial charge in [0.15, 0.2) is 6.23 Å². The van der Waals surface area contributed by atoms with Crippen LogP contribution in [0.15, 0.2) is 30.3 Å². The second-order valence-electron chi connectivity index (χ2n) is 2.73. The molecular formula is C9H12NO. The number of nitrogens with zero attached hydrogens (tertiary/aromatic N) is 1. The molecule has 1 aromatic carbocycles. The first kappa shape index (κ1) is 8.24. The van der Waals surface area contributed by atoms with E-state index in [1.807, 2.05) is 30.3 Å². The van der Waals surface area contributed by atoms with E-state index < -0.39 is 6.23 Å². The van der Waals surface area contributed by atoms with Crippen LogP contribution in [-0.4, -0.2) is 19.0 Å². The van der Waals surface area contributed by atoms with Crippen molar-refractivity contribution in [1.29, 1.82) is 0 Å². The van der Waals surface area contributed by atoms with Gasteiger partial charge in [0.25, 0.3) is 0 Å². The second-order valence-corrected chi connectivity index (χ2v) is 2.73. The minimum atomic E-state index is -0.740. The van der Waals surface area contributed by atoms with E-state index in [1.165, 1.54) is 0 Å². The smallest absolute Gasteiger partial charge is 0.171 e. The lowest BCUT2D eigenvalue weighted by Crippen LogP contribution is -2.17. The maximum atomic E-state index is 11.4. The van der Waals surface area contributed by atoms with Crippen molar-refractivity contribution < 1.29 is 5.11 Å². The van der Waals surface area contributed by atoms with Gasteiger partial charge in [-0.25, -0.2) is 5.11 Å². The molecule has 1 unspecified atom stereocenters. The summed E-state index contributed by atoms with van der Waals surface area (Å²) in [5.74, 6) is 0. The zero-order valence-electron chi connectivity index (χ0n) is 6.82. The molecule has 0 aliphatic carbocycles. The number of hydrogen-bond acceptors (Lipinski definition) is 1. The molecule has 0 aliphatic heterocycles. The molecular weight excluding hydrogens is 138 g/mol. The van der Waals surface area contributed by atoms with Gasteiger partial charge in [-0.3, -0.25) is 4.90 Å². The highest BCUT2D eigenvalue weighted by Crippen LogP contribution is 2.13. The van der Waals surface area contributed by atoms with Gasteiger partial charge in [0.05, 0.1) is 0 Å². The zero-order valence-corrected chi connectivity index (χ0v) is 6.82. The molecule has 0 saturated carbocycles. The van der Waals surface area contributed by atoms with E-state index in [1.54, 1.807) is 19.0 Å². The van der Waals surface area contributed by atoms with E-state index in [2.05, 4.69) is 0 Å². The second kappa shape index (κ2) is 3.51. The minimum absolute atomic E-state index is 0.740. The van der Waals surface area contributed by atoms with Crippen molar-refractivity contribution in [2.45, 2.75) is 6.23 Å². The third kappa shape index (κ3) is 2.03. The first-order chi connectivity index (χ1) is 5.22. The van der Waals surface area contributed by atoms with Gasteiger partial charge in [0.1, 0.15) is 0 Å². The number of benzene rings is 1. The van der Waals surface area contributed by atoms with Crippen molar-refractivity contribution in [3.8, 4) is 0 Å². The summed E-state index contributed by atoms with van der Waals surface area (Å²) in [4.78, 5) is 1.65. The molecule has 1 atom stereocenters. The van der Waals surface area contributed by atoms with Crippen LogP contribution in [0.5, 0.6) is 0 Å². The van der Waals surface area contributed by atoms with Crippen LogP contribution in [-0.2, 0) is 5.11 Å². The summed E-state index contributed by atoms with van der Waals surface area (Å²) in [6.45, 7) is 0. The molecule has 0 N–H and O–H groups in total. The molecule has 2 nitrogen and oxygen atoms in total. The normalized spacial score (nSPS) is 13.5. The lowest BCUT2D eigenvalue weighted by Gasteiger charge is -2.15. The fraction of sp³-hybridized carbons (Fsp3) is 0.333. The van der Waals surface area contributed by atoms with Gasteiger partial charge in [0, 0.05) is 0 Å². The van der Waals surface area contributed by atoms with Crippen LogP contribution < -0.4 is 0 Å². The Hall–Kier alpha value is -0.860. The predicted molar refractivity (Wildman–Crippen MR) is 43.6 cm³/mol. The average molecular weight is 150 g/mol. The summed E-state index contributed by atoms with van der Waals surface area (Å²) in [5.41, 5.74) is 0.817. The Kier molecular flexibility index (Phi) is 2.63. The van der Waals surface area contributed by atoms with Gasteiger partial charge in [0.2, 0.25) is 0 Å². The first-order valence-electron chi connectivity index (χ1n) is 3.59. The van der Waals surface area contributed by atoms with E-state index in [-0.39, 0.29) is 0 Å². The van der Waals surface area contributed by atoms with Gasteiger partial charge in [-0.1, -0.05) is 30.3 Å². The molecule has 11 heavy (non-hydrogen) atoms. The van der Waals surface area contributed by atoms with Gasteiger partial charge in [-0.2, -0.15) is 0 Å². The molecule has 1 aromatic rings. The van der Waals surface area contributed by atoms with Crippen molar-refractivity contribution in [3.05, 3.63) is 35.9 Å². The maximum Gasteiger partial charge on any atom is 0.171 e. The number of hydrogen-bond donors (Lipinski definition) is 0. The predicted octanol–water partition coefficient (Wildman–Crippen LogP) is 1.68. The van der Waals surface area contributed by atoms with Gasteiger partial charge in [-0.15, -0.1) is 0 Å². The van der Waals surface area contributed by atoms with E-state index in [9.17, 15) is 5.11 Å². The Morgan fingerprint density at radius 3 is 2.18 bits per heavy atom. The lowest BCUT2D eigenvalue weighted by atomic mass is 10.2. The SMILES string of the molecule is CN(C)C([O])c1ccccc1. The largest absolute Gasteiger partial charge is 0.278 e. The van der Waals surface area contributed by atoms with Gasteiger partial charge >= 0.3 is 0 Å². The fourth-order valence-corrected chi connectivity index (χ4v) is 0.916. The summed E-state index contributed by atoms with van der Waals surface area (Å²) in [7, 11) is 3.56. The molecule has 0 bridgehead atoms. The zero-order chi connectivity index (χ0) is 8.27. The summed E-state index contributed by atoms with van der Waals surface area (Å²) in [6, 6.07) is 9.36. The first-order valence-corrected chi connectivity index (χ1v) is 3.59. The summed E-state index contributed by atoms with van der Waals surface area (Å²) < 4.78 is 0. The molecule has 0 saturated heterocycles. The molecule has 0 amide bonds. The van der Waals surface area contributed by atoms with Crippen LogP contribution in [0.4, 0.5) is 0 Å². The van der Waals surface area contributed by atoms with Crippen LogP contribution in [0.25, 0.3) is 0 Å². The van der Waals surface area contributed by atoms with Crippen molar-refractivity contribution >= 4 is 0 Å². The van der Waals surface area contributed by atoms with Gasteiger partial charge in [-0.05, 0) is 19.7 Å². The molecule has 1 radical (unpaired) electrons. The van der Waals surface area contributed by atoms with Crippen molar-refractivity contribution in [2.75, 3.05) is 14.1 Å². The van der Waals surface area contributed by atoms with Crippen LogP contribution in [0.2, 0.25) is 0 Å². The van der Waals surface area contributed by atoms with Crippen LogP contribution >= 0.6 is 0 Å². The molecule has 1 rings (SSSR count). The highest BCUT2D eigenvalue weighted by molar-refractivity contribution is 5.16. The third-order valence-corrected chi connectivity index (χ3v) is 1.55. The molecule has 0 spiro atoms. The average Bonchev–Trinajstić information content (AvgIpc) is 2.05. The van der Waals surface area contributed by atoms with Crippen molar-refractivity contribution in [2.24, 2.45) is 0 Å². The molecule has 0 aliphatic rings. The van der Waals surface area contributed by atoms with Crippen molar-refractivity contribution in [3.63, 3.8) is 0 Å². The Morgan fingerprint density at radius 1 is 1.18 bits per heavy atom. The van der Waals surface area contributed by atoms with Gasteiger partial charge < -0.3 is 0 Å². The standard InChI is InChI=1S/C9H12NO/c1-10(2)9(11)8-6-4-3-5-7-8/h3-7,9H,1-2H3. The molecule has 59 valence electrons. The maximum absolute atomic E-state index is 11.4. The van der Waals surface area contributed by atoms with E-state index in [0.717, 1.165) is 5.56 Å². The Labute approximate surface area is 67.1 Å². The minimum Gasteiger partial charge on any atom is -0.278 e. The lowest BCUT2D eigenvalue weighted by molar-refractivity contribution is -0.0228. The third-order valence-electron chi connectivity index (χ3n) is 1.55. The summed E-state index contributed by atoms with van der Waals surface area (Å²) in [6.07, 6.45) is -0.740. The Morgan fingerprint density at radius 2 is 1.73 bits per heavy atom. The fourth-order valence-electron chi connectivity index (χ4n) is 0.916. The molecule has 2 heteroatoms. The Balaban J connectivity index is 2.77. The quantitative estimate of drug-likeness (QED) is 0.588. The van der Waals surface area contributed by atoms with E-state index in [0.29, 0.717) is 0 Å². The highest BCUT2D eigenvalue weighted by Gasteiger charge is 2.09. The molecule has 0 fully saturated rings. The molecule has 0 aromatic heterocycles. The summed E-state index contributed by atoms with van der Waals surface area (Å²) in [5, 5.41) is 11.4. The van der Waals surface area contributed by atoms with E-state index in [4.69, 9.17) is 0 Å². The van der Waals surface area contributed by atoms with E-state index >= 15 is 0 Å². The van der Waals surface area contributed by atoms with Crippen LogP contribution in [0.3, 0.4) is 0 Å².